The van der Waals surface area contributed by atoms with Crippen LogP contribution in [0.25, 0.3) is 0 Å². The van der Waals surface area contributed by atoms with E-state index in [-0.39, 0.29) is 34.9 Å². The molecule has 4 aliphatic carbocycles. The van der Waals surface area contributed by atoms with Crippen molar-refractivity contribution in [1.29, 1.82) is 0 Å². The van der Waals surface area contributed by atoms with Gasteiger partial charge in [0.1, 0.15) is 6.61 Å². The zero-order chi connectivity index (χ0) is 19.6. The summed E-state index contributed by atoms with van der Waals surface area (Å²) in [5.41, 5.74) is 1.77. The average molecular weight is 407 g/mol. The highest BCUT2D eigenvalue weighted by molar-refractivity contribution is 7.80. The van der Waals surface area contributed by atoms with E-state index in [2.05, 4.69) is 13.0 Å². The van der Waals surface area contributed by atoms with Crippen LogP contribution in [-0.2, 0) is 14.3 Å². The van der Waals surface area contributed by atoms with Crippen LogP contribution in [0.1, 0.15) is 58.3 Å². The van der Waals surface area contributed by atoms with Crippen LogP contribution in [0.5, 0.6) is 0 Å². The predicted octanol–water partition coefficient (Wildman–Crippen LogP) is 3.78. The van der Waals surface area contributed by atoms with Crippen molar-refractivity contribution in [1.82, 2.24) is 0 Å². The molecule has 5 rings (SSSR count). The quantitative estimate of drug-likeness (QED) is 0.553. The van der Waals surface area contributed by atoms with Gasteiger partial charge in [-0.05, 0) is 67.4 Å². The van der Waals surface area contributed by atoms with Gasteiger partial charge < -0.3 is 14.6 Å². The third-order valence-corrected chi connectivity index (χ3v) is 10.0. The Labute approximate surface area is 173 Å². The molecule has 4 nitrogen and oxygen atoms in total. The second-order valence-corrected chi connectivity index (χ2v) is 10.6. The summed E-state index contributed by atoms with van der Waals surface area (Å²) in [7, 11) is 0. The van der Waals surface area contributed by atoms with Crippen LogP contribution in [0.15, 0.2) is 11.6 Å². The largest absolute Gasteiger partial charge is 0.389 e. The fraction of sp³-hybridized carbons (Fsp3) is 0.870. The molecule has 4 fully saturated rings. The maximum absolute atomic E-state index is 12.4. The Morgan fingerprint density at radius 1 is 1.18 bits per heavy atom. The minimum Gasteiger partial charge on any atom is -0.389 e. The topological polar surface area (TPSA) is 55.8 Å². The Morgan fingerprint density at radius 2 is 1.96 bits per heavy atom. The van der Waals surface area contributed by atoms with Crippen LogP contribution in [0.2, 0.25) is 0 Å². The third kappa shape index (κ3) is 2.58. The number of hydrogen-bond donors (Lipinski definition) is 2. The molecule has 0 aromatic heterocycles. The average Bonchev–Trinajstić information content (AvgIpc) is 3.31. The SMILES string of the molecule is C[C@]12CC[C@H]3[C@@H](CC=C4CC5(CC[C@@]43CS)OCCO5)[C@@H]1CC[C@@H]2C(=O)CO. The lowest BCUT2D eigenvalue weighted by molar-refractivity contribution is -0.185. The number of rotatable bonds is 3. The van der Waals surface area contributed by atoms with Crippen LogP contribution in [0.3, 0.4) is 0 Å². The molecule has 6 atom stereocenters. The van der Waals surface area contributed by atoms with Gasteiger partial charge in [-0.25, -0.2) is 0 Å². The fourth-order valence-corrected chi connectivity index (χ4v) is 8.68. The summed E-state index contributed by atoms with van der Waals surface area (Å²) in [6.07, 6.45) is 11.0. The van der Waals surface area contributed by atoms with Gasteiger partial charge in [-0.2, -0.15) is 12.6 Å². The zero-order valence-electron chi connectivity index (χ0n) is 17.0. The van der Waals surface area contributed by atoms with Crippen molar-refractivity contribution < 1.29 is 19.4 Å². The van der Waals surface area contributed by atoms with Crippen LogP contribution in [-0.4, -0.2) is 42.3 Å². The Kier molecular flexibility index (Phi) is 4.78. The lowest BCUT2D eigenvalue weighted by Gasteiger charge is -2.59. The number of carbonyl (C=O) groups excluding carboxylic acids is 1. The highest BCUT2D eigenvalue weighted by Crippen LogP contribution is 2.67. The molecule has 1 aliphatic heterocycles. The fourth-order valence-electron chi connectivity index (χ4n) is 8.09. The van der Waals surface area contributed by atoms with Crippen molar-refractivity contribution in [2.24, 2.45) is 34.5 Å². The maximum Gasteiger partial charge on any atom is 0.172 e. The molecule has 1 saturated heterocycles. The second-order valence-electron chi connectivity index (χ2n) is 10.2. The molecule has 1 spiro atoms. The molecule has 1 heterocycles. The van der Waals surface area contributed by atoms with Crippen LogP contribution >= 0.6 is 12.6 Å². The van der Waals surface area contributed by atoms with Crippen LogP contribution in [0, 0.1) is 34.5 Å². The van der Waals surface area contributed by atoms with Crippen molar-refractivity contribution in [2.75, 3.05) is 25.6 Å². The number of hydrogen-bond acceptors (Lipinski definition) is 5. The van der Waals surface area contributed by atoms with Crippen molar-refractivity contribution in [2.45, 2.75) is 64.1 Å². The molecule has 0 aromatic rings. The Morgan fingerprint density at radius 3 is 2.68 bits per heavy atom. The molecule has 0 radical (unpaired) electrons. The van der Waals surface area contributed by atoms with Gasteiger partial charge in [-0.3, -0.25) is 4.79 Å². The lowest BCUT2D eigenvalue weighted by atomic mass is 9.47. The summed E-state index contributed by atoms with van der Waals surface area (Å²) < 4.78 is 12.1. The molecule has 156 valence electrons. The molecule has 1 N–H and O–H groups in total. The van der Waals surface area contributed by atoms with Crippen molar-refractivity contribution >= 4 is 18.4 Å². The monoisotopic (exact) mass is 406 g/mol. The van der Waals surface area contributed by atoms with E-state index in [9.17, 15) is 9.90 Å². The number of allylic oxidation sites excluding steroid dienone is 1. The van der Waals surface area contributed by atoms with Gasteiger partial charge in [-0.15, -0.1) is 0 Å². The van der Waals surface area contributed by atoms with E-state index in [0.29, 0.717) is 31.0 Å². The lowest BCUT2D eigenvalue weighted by Crippen LogP contribution is -2.54. The summed E-state index contributed by atoms with van der Waals surface area (Å²) in [5.74, 6) is 2.54. The first-order valence-corrected chi connectivity index (χ1v) is 11.8. The van der Waals surface area contributed by atoms with Gasteiger partial charge in [-0.1, -0.05) is 18.6 Å². The van der Waals surface area contributed by atoms with Crippen LogP contribution in [0.4, 0.5) is 0 Å². The van der Waals surface area contributed by atoms with Crippen molar-refractivity contribution in [3.8, 4) is 0 Å². The molecule has 0 aromatic carbocycles. The van der Waals surface area contributed by atoms with Crippen molar-refractivity contribution in [3.05, 3.63) is 11.6 Å². The van der Waals surface area contributed by atoms with Gasteiger partial charge in [0.05, 0.1) is 13.2 Å². The number of carbonyl (C=O) groups is 1. The molecular weight excluding hydrogens is 372 g/mol. The van der Waals surface area contributed by atoms with E-state index in [0.717, 1.165) is 50.7 Å². The van der Waals surface area contributed by atoms with Gasteiger partial charge in [0.15, 0.2) is 11.6 Å². The van der Waals surface area contributed by atoms with E-state index in [1.807, 2.05) is 0 Å². The van der Waals surface area contributed by atoms with Gasteiger partial charge >= 0.3 is 0 Å². The maximum atomic E-state index is 12.4. The minimum absolute atomic E-state index is 0.0516. The number of Topliss-reactive ketones (excluding diaryl/α,β-unsaturated/α-hetero) is 1. The summed E-state index contributed by atoms with van der Waals surface area (Å²) in [6.45, 7) is 3.47. The number of ether oxygens (including phenoxy) is 2. The summed E-state index contributed by atoms with van der Waals surface area (Å²) in [6, 6.07) is 0. The molecule has 0 unspecified atom stereocenters. The minimum atomic E-state index is -0.375. The number of aliphatic hydroxyl groups is 1. The highest BCUT2D eigenvalue weighted by Gasteiger charge is 2.61. The Hall–Kier alpha value is -0.360. The predicted molar refractivity (Wildman–Crippen MR) is 110 cm³/mol. The highest BCUT2D eigenvalue weighted by atomic mass is 32.1. The first-order chi connectivity index (χ1) is 13.5. The number of aliphatic hydroxyl groups excluding tert-OH is 1. The van der Waals surface area contributed by atoms with Gasteiger partial charge in [0.2, 0.25) is 0 Å². The molecular formula is C23H34O4S. The standard InChI is InChI=1S/C23H34O4S/c1-21-7-6-18-16(17(21)4-5-19(21)20(25)13-24)3-2-15-12-23(26-10-11-27-23)9-8-22(15,18)14-28/h2,16-19,24,28H,3-14H2,1H3/t16-,17-,18-,19+,21-,22+/m0/s1. The summed E-state index contributed by atoms with van der Waals surface area (Å²) >= 11 is 4.90. The summed E-state index contributed by atoms with van der Waals surface area (Å²) in [4.78, 5) is 12.4. The summed E-state index contributed by atoms with van der Waals surface area (Å²) in [5, 5.41) is 9.47. The van der Waals surface area contributed by atoms with E-state index in [1.54, 1.807) is 0 Å². The van der Waals surface area contributed by atoms with Gasteiger partial charge in [0, 0.05) is 24.2 Å². The number of ketones is 1. The second kappa shape index (κ2) is 6.83. The van der Waals surface area contributed by atoms with E-state index in [1.165, 1.54) is 12.0 Å². The molecule has 0 amide bonds. The smallest absolute Gasteiger partial charge is 0.172 e. The molecule has 28 heavy (non-hydrogen) atoms. The van der Waals surface area contributed by atoms with Gasteiger partial charge in [0.25, 0.3) is 0 Å². The first-order valence-electron chi connectivity index (χ1n) is 11.2. The van der Waals surface area contributed by atoms with E-state index >= 15 is 0 Å². The molecule has 5 heteroatoms. The zero-order valence-corrected chi connectivity index (χ0v) is 17.9. The van der Waals surface area contributed by atoms with E-state index in [4.69, 9.17) is 22.1 Å². The van der Waals surface area contributed by atoms with Crippen LogP contribution < -0.4 is 0 Å². The van der Waals surface area contributed by atoms with Crippen molar-refractivity contribution in [3.63, 3.8) is 0 Å². The molecule has 5 aliphatic rings. The third-order valence-electron chi connectivity index (χ3n) is 9.47. The Balaban J connectivity index is 1.45. The number of thiol groups is 1. The molecule has 3 saturated carbocycles. The first kappa shape index (κ1) is 19.6. The normalized spacial score (nSPS) is 46.6. The number of fused-ring (bicyclic) bond motifs is 5. The Bertz CT molecular complexity index is 684. The molecule has 0 bridgehead atoms. The van der Waals surface area contributed by atoms with E-state index < -0.39 is 0 Å².